The summed E-state index contributed by atoms with van der Waals surface area (Å²) in [6, 6.07) is 3.56. The van der Waals surface area contributed by atoms with Crippen LogP contribution in [0.25, 0.3) is 11.3 Å². The predicted octanol–water partition coefficient (Wildman–Crippen LogP) is 2.36. The maximum Gasteiger partial charge on any atom is 0.272 e. The zero-order valence-corrected chi connectivity index (χ0v) is 22.2. The van der Waals surface area contributed by atoms with Crippen LogP contribution in [-0.4, -0.2) is 87.3 Å². The molecule has 0 radical (unpaired) electrons. The molecule has 5 atom stereocenters. The molecule has 11 heteroatoms. The van der Waals surface area contributed by atoms with E-state index >= 15 is 0 Å². The van der Waals surface area contributed by atoms with Crippen LogP contribution in [0.3, 0.4) is 0 Å². The van der Waals surface area contributed by atoms with E-state index in [1.54, 1.807) is 6.07 Å². The smallest absolute Gasteiger partial charge is 0.272 e. The van der Waals surface area contributed by atoms with Gasteiger partial charge in [0, 0.05) is 36.2 Å². The Morgan fingerprint density at radius 3 is 2.77 bits per heavy atom. The summed E-state index contributed by atoms with van der Waals surface area (Å²) < 4.78 is 25.6. The van der Waals surface area contributed by atoms with Crippen molar-refractivity contribution in [2.45, 2.75) is 62.1 Å². The Morgan fingerprint density at radius 2 is 2.08 bits per heavy atom. The number of H-pyrrole nitrogens is 1. The summed E-state index contributed by atoms with van der Waals surface area (Å²) in [5.41, 5.74) is 6.29. The second kappa shape index (κ2) is 8.99. The number of aromatic amines is 1. The van der Waals surface area contributed by atoms with Gasteiger partial charge in [-0.05, 0) is 69.4 Å². The molecule has 3 aliphatic heterocycles. The summed E-state index contributed by atoms with van der Waals surface area (Å²) in [5, 5.41) is 7.06. The Balaban J connectivity index is 1.11. The number of pyridine rings is 1. The highest BCUT2D eigenvalue weighted by molar-refractivity contribution is 5.94. The summed E-state index contributed by atoms with van der Waals surface area (Å²) in [4.78, 5) is 34.5. The molecular formula is C28H35FN6O4. The van der Waals surface area contributed by atoms with Crippen molar-refractivity contribution < 1.29 is 23.5 Å². The normalized spacial score (nSPS) is 33.1. The lowest BCUT2D eigenvalue weighted by molar-refractivity contribution is -0.247. The molecule has 3 saturated heterocycles. The summed E-state index contributed by atoms with van der Waals surface area (Å²) in [6.07, 6.45) is 7.78. The lowest BCUT2D eigenvalue weighted by Gasteiger charge is -2.58. The molecule has 7 rings (SSSR count). The fourth-order valence-corrected chi connectivity index (χ4v) is 7.87. The highest BCUT2D eigenvalue weighted by atomic mass is 19.1. The van der Waals surface area contributed by atoms with Crippen molar-refractivity contribution in [3.05, 3.63) is 29.8 Å². The molecule has 2 saturated carbocycles. The summed E-state index contributed by atoms with van der Waals surface area (Å²) >= 11 is 0. The molecule has 39 heavy (non-hydrogen) atoms. The number of hydrogen-bond acceptors (Lipinski definition) is 7. The number of piperidine rings is 1. The summed E-state index contributed by atoms with van der Waals surface area (Å²) in [6.45, 7) is 3.36. The Labute approximate surface area is 226 Å². The van der Waals surface area contributed by atoms with E-state index < -0.39 is 5.82 Å². The van der Waals surface area contributed by atoms with E-state index in [2.05, 4.69) is 20.1 Å². The van der Waals surface area contributed by atoms with Gasteiger partial charge in [0.1, 0.15) is 5.69 Å². The molecule has 2 amide bonds. The number of aromatic nitrogens is 3. The third-order valence-electron chi connectivity index (χ3n) is 10.3. The van der Waals surface area contributed by atoms with Crippen molar-refractivity contribution in [2.24, 2.45) is 23.5 Å². The number of halogens is 1. The van der Waals surface area contributed by atoms with Crippen LogP contribution in [0.4, 0.5) is 4.39 Å². The minimum absolute atomic E-state index is 0.0939. The predicted molar refractivity (Wildman–Crippen MR) is 138 cm³/mol. The average molecular weight is 539 g/mol. The standard InChI is InChI=1S/C28H35FN6O4/c1-38-24-9-18(20(29)13-31-24)21-10-22(33-32-21)26(37)35-8-4-16(25(30)36)11-27(35)12-19(27)17-3-7-34(14-17)23-15-39-28(23)5-2-6-28/h9-10,13,16-17,19,23H,2-8,11-12,14-15H2,1H3,(H2,30,36)(H,32,33)/t16?,17-,19?,23-,27?/m1/s1. The molecule has 2 aromatic heterocycles. The molecule has 2 spiro atoms. The first-order valence-electron chi connectivity index (χ1n) is 14.1. The highest BCUT2D eigenvalue weighted by Gasteiger charge is 2.66. The van der Waals surface area contributed by atoms with Gasteiger partial charge in [0.15, 0.2) is 5.82 Å². The fraction of sp³-hybridized carbons (Fsp3) is 0.643. The van der Waals surface area contributed by atoms with E-state index in [1.807, 2.05) is 4.90 Å². The average Bonchev–Trinajstić information content (AvgIpc) is 3.23. The van der Waals surface area contributed by atoms with Gasteiger partial charge in [-0.3, -0.25) is 19.6 Å². The molecule has 3 unspecified atom stereocenters. The number of rotatable bonds is 6. The molecule has 0 bridgehead atoms. The second-order valence-corrected chi connectivity index (χ2v) is 12.1. The van der Waals surface area contributed by atoms with E-state index in [0.29, 0.717) is 48.7 Å². The van der Waals surface area contributed by atoms with Gasteiger partial charge in [0.2, 0.25) is 11.8 Å². The van der Waals surface area contributed by atoms with Crippen LogP contribution in [0.2, 0.25) is 0 Å². The maximum absolute atomic E-state index is 14.5. The number of nitrogens with zero attached hydrogens (tertiary/aromatic N) is 4. The van der Waals surface area contributed by atoms with Crippen LogP contribution in [0.1, 0.15) is 55.4 Å². The van der Waals surface area contributed by atoms with Gasteiger partial charge in [0.25, 0.3) is 5.91 Å². The molecule has 0 aromatic carbocycles. The summed E-state index contributed by atoms with van der Waals surface area (Å²) in [7, 11) is 1.46. The van der Waals surface area contributed by atoms with E-state index in [1.165, 1.54) is 19.6 Å². The number of carbonyl (C=O) groups excluding carboxylic acids is 2. The van der Waals surface area contributed by atoms with E-state index in [-0.39, 0.29) is 40.3 Å². The third kappa shape index (κ3) is 3.88. The van der Waals surface area contributed by atoms with E-state index in [0.717, 1.165) is 51.6 Å². The van der Waals surface area contributed by atoms with E-state index in [9.17, 15) is 14.0 Å². The van der Waals surface area contributed by atoms with Gasteiger partial charge >= 0.3 is 0 Å². The molecule has 5 fully saturated rings. The van der Waals surface area contributed by atoms with Crippen LogP contribution in [-0.2, 0) is 9.53 Å². The van der Waals surface area contributed by atoms with Gasteiger partial charge in [-0.15, -0.1) is 0 Å². The van der Waals surface area contributed by atoms with Crippen LogP contribution < -0.4 is 10.5 Å². The van der Waals surface area contributed by atoms with Crippen molar-refractivity contribution in [1.29, 1.82) is 0 Å². The maximum atomic E-state index is 14.5. The number of likely N-dealkylation sites (tertiary alicyclic amines) is 2. The molecule has 208 valence electrons. The number of carbonyl (C=O) groups is 2. The lowest BCUT2D eigenvalue weighted by atomic mass is 9.70. The topological polar surface area (TPSA) is 127 Å². The fourth-order valence-electron chi connectivity index (χ4n) is 7.87. The van der Waals surface area contributed by atoms with Gasteiger partial charge in [-0.2, -0.15) is 5.10 Å². The number of methoxy groups -OCH3 is 1. The first-order chi connectivity index (χ1) is 18.8. The van der Waals surface area contributed by atoms with Gasteiger partial charge in [0.05, 0.1) is 37.3 Å². The number of hydrogen-bond donors (Lipinski definition) is 2. The van der Waals surface area contributed by atoms with Gasteiger partial charge in [-0.25, -0.2) is 9.37 Å². The molecule has 2 aliphatic carbocycles. The Bertz CT molecular complexity index is 1310. The van der Waals surface area contributed by atoms with Crippen molar-refractivity contribution in [3.8, 4) is 17.1 Å². The lowest BCUT2D eigenvalue weighted by Crippen LogP contribution is -2.68. The van der Waals surface area contributed by atoms with Crippen LogP contribution in [0.5, 0.6) is 5.88 Å². The summed E-state index contributed by atoms with van der Waals surface area (Å²) in [5.74, 6) is -0.172. The van der Waals surface area contributed by atoms with Crippen LogP contribution in [0.15, 0.2) is 18.3 Å². The van der Waals surface area contributed by atoms with Gasteiger partial charge < -0.3 is 20.1 Å². The zero-order valence-electron chi connectivity index (χ0n) is 22.2. The largest absolute Gasteiger partial charge is 0.481 e. The number of amides is 2. The zero-order chi connectivity index (χ0) is 26.9. The van der Waals surface area contributed by atoms with E-state index in [4.69, 9.17) is 15.2 Å². The van der Waals surface area contributed by atoms with Crippen molar-refractivity contribution >= 4 is 11.8 Å². The Kier molecular flexibility index (Phi) is 5.75. The van der Waals surface area contributed by atoms with Crippen molar-refractivity contribution in [3.63, 3.8) is 0 Å². The van der Waals surface area contributed by atoms with Gasteiger partial charge in [-0.1, -0.05) is 0 Å². The second-order valence-electron chi connectivity index (χ2n) is 12.1. The number of primary amides is 1. The molecular weight excluding hydrogens is 503 g/mol. The molecule has 5 heterocycles. The first kappa shape index (κ1) is 25.0. The quantitative estimate of drug-likeness (QED) is 0.578. The van der Waals surface area contributed by atoms with Crippen LogP contribution >= 0.6 is 0 Å². The number of nitrogens with two attached hydrogens (primary N) is 1. The Morgan fingerprint density at radius 1 is 1.23 bits per heavy atom. The Hall–Kier alpha value is -3.05. The monoisotopic (exact) mass is 538 g/mol. The molecule has 3 N–H and O–H groups in total. The van der Waals surface area contributed by atoms with Crippen molar-refractivity contribution in [2.75, 3.05) is 33.4 Å². The van der Waals surface area contributed by atoms with Crippen molar-refractivity contribution in [1.82, 2.24) is 25.0 Å². The third-order valence-corrected chi connectivity index (χ3v) is 10.3. The molecule has 5 aliphatic rings. The first-order valence-corrected chi connectivity index (χ1v) is 14.1. The minimum Gasteiger partial charge on any atom is -0.481 e. The SMILES string of the molecule is COc1cc(-c2cc(C(=O)N3CCC(C(N)=O)CC34CC4[C@@H]3CCN([C@@H]4COC45CCC5)C3)[nH]n2)c(F)cn1. The number of ether oxygens (including phenoxy) is 2. The molecule has 2 aromatic rings. The van der Waals surface area contributed by atoms with Crippen LogP contribution in [0, 0.1) is 23.6 Å². The highest BCUT2D eigenvalue weighted by Crippen LogP contribution is 2.61. The number of nitrogens with one attached hydrogen (secondary N) is 1. The minimum atomic E-state index is -0.548. The molecule has 10 nitrogen and oxygen atoms in total.